The summed E-state index contributed by atoms with van der Waals surface area (Å²) in [5.41, 5.74) is 2.70. The number of anilines is 1. The second-order valence-electron chi connectivity index (χ2n) is 7.04. The van der Waals surface area contributed by atoms with Crippen LogP contribution in [0.15, 0.2) is 53.4 Å². The standard InChI is InChI=1S/C21H22N2O2S/c24-19-9-12-26-18-8-7-15(13-17(18)23-19)20(25)22-14-21(10-4-11-21)16-5-2-1-3-6-16/h1-3,5-8,13H,4,9-12,14H2,(H,22,25)(H,23,24). The number of hydrogen-bond donors (Lipinski definition) is 2. The van der Waals surface area contributed by atoms with Gasteiger partial charge in [0.1, 0.15) is 0 Å². The zero-order valence-corrected chi connectivity index (χ0v) is 15.4. The van der Waals surface area contributed by atoms with E-state index in [0.717, 1.165) is 29.2 Å². The van der Waals surface area contributed by atoms with E-state index in [-0.39, 0.29) is 17.2 Å². The maximum atomic E-state index is 12.7. The van der Waals surface area contributed by atoms with Crippen LogP contribution in [0, 0.1) is 0 Å². The normalized spacial score (nSPS) is 18.1. The van der Waals surface area contributed by atoms with Gasteiger partial charge < -0.3 is 10.6 Å². The van der Waals surface area contributed by atoms with E-state index < -0.39 is 0 Å². The average molecular weight is 366 g/mol. The Labute approximate surface area is 157 Å². The topological polar surface area (TPSA) is 58.2 Å². The summed E-state index contributed by atoms with van der Waals surface area (Å²) in [7, 11) is 0. The number of amides is 2. The van der Waals surface area contributed by atoms with Crippen LogP contribution in [0.3, 0.4) is 0 Å². The van der Waals surface area contributed by atoms with E-state index in [0.29, 0.717) is 18.5 Å². The number of thioether (sulfide) groups is 1. The van der Waals surface area contributed by atoms with Crippen LogP contribution in [0.5, 0.6) is 0 Å². The van der Waals surface area contributed by atoms with E-state index in [9.17, 15) is 9.59 Å². The second kappa shape index (κ2) is 7.16. The Hall–Kier alpha value is -2.27. The highest BCUT2D eigenvalue weighted by Crippen LogP contribution is 2.43. The van der Waals surface area contributed by atoms with E-state index in [1.165, 1.54) is 12.0 Å². The molecule has 1 fully saturated rings. The Morgan fingerprint density at radius 3 is 2.69 bits per heavy atom. The fourth-order valence-electron chi connectivity index (χ4n) is 3.68. The van der Waals surface area contributed by atoms with Crippen LogP contribution in [0.25, 0.3) is 0 Å². The number of rotatable bonds is 4. The minimum atomic E-state index is -0.0847. The molecule has 0 bridgehead atoms. The maximum absolute atomic E-state index is 12.7. The summed E-state index contributed by atoms with van der Waals surface area (Å²) in [6.07, 6.45) is 3.91. The first kappa shape index (κ1) is 17.2. The molecule has 0 saturated heterocycles. The highest BCUT2D eigenvalue weighted by molar-refractivity contribution is 7.99. The molecule has 134 valence electrons. The number of benzene rings is 2. The van der Waals surface area contributed by atoms with Crippen LogP contribution in [-0.2, 0) is 10.2 Å². The third-order valence-electron chi connectivity index (χ3n) is 5.39. The van der Waals surface area contributed by atoms with Crippen molar-refractivity contribution in [1.82, 2.24) is 5.32 Å². The van der Waals surface area contributed by atoms with E-state index in [1.54, 1.807) is 17.8 Å². The van der Waals surface area contributed by atoms with Crippen molar-refractivity contribution in [3.63, 3.8) is 0 Å². The van der Waals surface area contributed by atoms with Gasteiger partial charge in [0.15, 0.2) is 0 Å². The Morgan fingerprint density at radius 2 is 1.96 bits per heavy atom. The highest BCUT2D eigenvalue weighted by Gasteiger charge is 2.38. The second-order valence-corrected chi connectivity index (χ2v) is 8.18. The molecule has 1 aliphatic carbocycles. The molecule has 2 N–H and O–H groups in total. The number of carbonyl (C=O) groups excluding carboxylic acids is 2. The quantitative estimate of drug-likeness (QED) is 0.861. The van der Waals surface area contributed by atoms with Crippen molar-refractivity contribution in [2.24, 2.45) is 0 Å². The Kier molecular flexibility index (Phi) is 4.72. The van der Waals surface area contributed by atoms with Crippen LogP contribution in [0.4, 0.5) is 5.69 Å². The van der Waals surface area contributed by atoms with E-state index in [4.69, 9.17) is 0 Å². The molecule has 2 aromatic carbocycles. The van der Waals surface area contributed by atoms with Gasteiger partial charge in [-0.15, -0.1) is 11.8 Å². The minimum absolute atomic E-state index is 0.00584. The Bertz CT molecular complexity index is 831. The molecule has 0 radical (unpaired) electrons. The first-order valence-electron chi connectivity index (χ1n) is 9.07. The number of fused-ring (bicyclic) bond motifs is 1. The lowest BCUT2D eigenvalue weighted by molar-refractivity contribution is -0.115. The smallest absolute Gasteiger partial charge is 0.251 e. The van der Waals surface area contributed by atoms with E-state index >= 15 is 0 Å². The van der Waals surface area contributed by atoms with E-state index in [1.807, 2.05) is 18.2 Å². The van der Waals surface area contributed by atoms with Crippen LogP contribution in [0.2, 0.25) is 0 Å². The van der Waals surface area contributed by atoms with Gasteiger partial charge in [0.05, 0.1) is 5.69 Å². The molecule has 4 nitrogen and oxygen atoms in total. The van der Waals surface area contributed by atoms with Crippen LogP contribution >= 0.6 is 11.8 Å². The van der Waals surface area contributed by atoms with Gasteiger partial charge in [0, 0.05) is 34.6 Å². The molecular weight excluding hydrogens is 344 g/mol. The molecule has 1 aliphatic heterocycles. The predicted molar refractivity (Wildman–Crippen MR) is 105 cm³/mol. The van der Waals surface area contributed by atoms with Gasteiger partial charge in [0.25, 0.3) is 5.91 Å². The van der Waals surface area contributed by atoms with E-state index in [2.05, 4.69) is 34.9 Å². The van der Waals surface area contributed by atoms with Gasteiger partial charge in [-0.1, -0.05) is 36.8 Å². The molecule has 26 heavy (non-hydrogen) atoms. The van der Waals surface area contributed by atoms with Crippen molar-refractivity contribution in [2.45, 2.75) is 36.0 Å². The highest BCUT2D eigenvalue weighted by atomic mass is 32.2. The summed E-state index contributed by atoms with van der Waals surface area (Å²) in [4.78, 5) is 25.5. The molecular formula is C21H22N2O2S. The van der Waals surface area contributed by atoms with Crippen molar-refractivity contribution < 1.29 is 9.59 Å². The summed E-state index contributed by atoms with van der Waals surface area (Å²) in [5.74, 6) is 0.689. The van der Waals surface area contributed by atoms with Crippen molar-refractivity contribution in [2.75, 3.05) is 17.6 Å². The van der Waals surface area contributed by atoms with Gasteiger partial charge >= 0.3 is 0 Å². The Balaban J connectivity index is 1.48. The van der Waals surface area contributed by atoms with Crippen LogP contribution in [-0.4, -0.2) is 24.1 Å². The molecule has 4 rings (SSSR count). The lowest BCUT2D eigenvalue weighted by Crippen LogP contribution is -2.45. The van der Waals surface area contributed by atoms with Crippen molar-refractivity contribution in [3.8, 4) is 0 Å². The summed E-state index contributed by atoms with van der Waals surface area (Å²) in [6.45, 7) is 0.647. The minimum Gasteiger partial charge on any atom is -0.351 e. The van der Waals surface area contributed by atoms with Gasteiger partial charge in [-0.05, 0) is 36.6 Å². The SMILES string of the molecule is O=C1CCSc2ccc(C(=O)NCC3(c4ccccc4)CCC3)cc2N1. The first-order valence-corrected chi connectivity index (χ1v) is 10.1. The summed E-state index contributed by atoms with van der Waals surface area (Å²) in [5, 5.41) is 6.01. The third kappa shape index (κ3) is 3.36. The van der Waals surface area contributed by atoms with Crippen LogP contribution in [0.1, 0.15) is 41.6 Å². The van der Waals surface area contributed by atoms with Gasteiger partial charge in [-0.2, -0.15) is 0 Å². The summed E-state index contributed by atoms with van der Waals surface area (Å²) < 4.78 is 0. The molecule has 1 heterocycles. The van der Waals surface area contributed by atoms with Crippen molar-refractivity contribution in [1.29, 1.82) is 0 Å². The fraction of sp³-hybridized carbons (Fsp3) is 0.333. The zero-order chi connectivity index (χ0) is 18.0. The predicted octanol–water partition coefficient (Wildman–Crippen LogP) is 3.97. The van der Waals surface area contributed by atoms with Gasteiger partial charge in [-0.25, -0.2) is 0 Å². The fourth-order valence-corrected chi connectivity index (χ4v) is 4.61. The van der Waals surface area contributed by atoms with Crippen molar-refractivity contribution in [3.05, 3.63) is 59.7 Å². The molecule has 2 aliphatic rings. The monoisotopic (exact) mass is 366 g/mol. The number of hydrogen-bond acceptors (Lipinski definition) is 3. The lowest BCUT2D eigenvalue weighted by Gasteiger charge is -2.42. The number of carbonyl (C=O) groups is 2. The summed E-state index contributed by atoms with van der Waals surface area (Å²) >= 11 is 1.65. The van der Waals surface area contributed by atoms with Gasteiger partial charge in [-0.3, -0.25) is 9.59 Å². The lowest BCUT2D eigenvalue weighted by atomic mass is 9.64. The molecule has 0 unspecified atom stereocenters. The molecule has 2 amide bonds. The third-order valence-corrected chi connectivity index (χ3v) is 6.46. The summed E-state index contributed by atoms with van der Waals surface area (Å²) in [6, 6.07) is 16.0. The van der Waals surface area contributed by atoms with Gasteiger partial charge in [0.2, 0.25) is 5.91 Å². The molecule has 5 heteroatoms. The van der Waals surface area contributed by atoms with Crippen LogP contribution < -0.4 is 10.6 Å². The average Bonchev–Trinajstić information content (AvgIpc) is 2.81. The van der Waals surface area contributed by atoms with Crippen molar-refractivity contribution >= 4 is 29.3 Å². The zero-order valence-electron chi connectivity index (χ0n) is 14.6. The molecule has 1 saturated carbocycles. The number of nitrogens with one attached hydrogen (secondary N) is 2. The molecule has 0 aromatic heterocycles. The first-order chi connectivity index (χ1) is 12.7. The molecule has 0 atom stereocenters. The Morgan fingerprint density at radius 1 is 1.15 bits per heavy atom. The molecule has 2 aromatic rings. The largest absolute Gasteiger partial charge is 0.351 e. The maximum Gasteiger partial charge on any atom is 0.251 e. The molecule has 0 spiro atoms.